The SMILES string of the molecule is C1CC1.O=C1CCc2ccccc2C1. The summed E-state index contributed by atoms with van der Waals surface area (Å²) in [6.45, 7) is 0. The minimum absolute atomic E-state index is 0.378. The Morgan fingerprint density at radius 3 is 2.14 bits per heavy atom. The van der Waals surface area contributed by atoms with Gasteiger partial charge in [-0.3, -0.25) is 4.79 Å². The average Bonchev–Trinajstić information content (AvgIpc) is 3.04. The van der Waals surface area contributed by atoms with Crippen LogP contribution in [0.4, 0.5) is 0 Å². The summed E-state index contributed by atoms with van der Waals surface area (Å²) < 4.78 is 0. The van der Waals surface area contributed by atoms with E-state index in [1.165, 1.54) is 30.4 Å². The molecular formula is C13H16O. The molecule has 2 aliphatic carbocycles. The van der Waals surface area contributed by atoms with Gasteiger partial charge in [-0.15, -0.1) is 0 Å². The monoisotopic (exact) mass is 188 g/mol. The van der Waals surface area contributed by atoms with E-state index in [0.29, 0.717) is 12.2 Å². The smallest absolute Gasteiger partial charge is 0.137 e. The van der Waals surface area contributed by atoms with Gasteiger partial charge in [0.2, 0.25) is 0 Å². The van der Waals surface area contributed by atoms with Crippen LogP contribution in [0.1, 0.15) is 36.8 Å². The first-order valence-electron chi connectivity index (χ1n) is 5.45. The lowest BCUT2D eigenvalue weighted by atomic mass is 9.91. The molecule has 1 aromatic rings. The molecule has 2 aliphatic rings. The Balaban J connectivity index is 0.000000214. The van der Waals surface area contributed by atoms with Crippen LogP contribution in [-0.2, 0) is 17.6 Å². The molecule has 0 amide bonds. The van der Waals surface area contributed by atoms with Gasteiger partial charge in [-0.05, 0) is 17.5 Å². The molecule has 0 bridgehead atoms. The molecule has 74 valence electrons. The van der Waals surface area contributed by atoms with Gasteiger partial charge in [-0.1, -0.05) is 43.5 Å². The van der Waals surface area contributed by atoms with Crippen LogP contribution in [0.25, 0.3) is 0 Å². The van der Waals surface area contributed by atoms with Gasteiger partial charge in [0.15, 0.2) is 0 Å². The Hall–Kier alpha value is -1.11. The molecule has 0 saturated heterocycles. The van der Waals surface area contributed by atoms with Crippen LogP contribution in [0.2, 0.25) is 0 Å². The van der Waals surface area contributed by atoms with Gasteiger partial charge in [0.05, 0.1) is 0 Å². The third-order valence-electron chi connectivity index (χ3n) is 2.53. The highest BCUT2D eigenvalue weighted by Crippen LogP contribution is 2.17. The van der Waals surface area contributed by atoms with E-state index < -0.39 is 0 Å². The number of fused-ring (bicyclic) bond motifs is 1. The van der Waals surface area contributed by atoms with Gasteiger partial charge < -0.3 is 0 Å². The minimum atomic E-state index is 0.378. The van der Waals surface area contributed by atoms with Crippen LogP contribution in [0.15, 0.2) is 24.3 Å². The Labute approximate surface area is 85.1 Å². The van der Waals surface area contributed by atoms with Crippen LogP contribution in [0.5, 0.6) is 0 Å². The second-order valence-corrected chi connectivity index (χ2v) is 4.04. The van der Waals surface area contributed by atoms with Crippen LogP contribution < -0.4 is 0 Å². The first-order valence-corrected chi connectivity index (χ1v) is 5.45. The van der Waals surface area contributed by atoms with Gasteiger partial charge >= 0.3 is 0 Å². The molecule has 0 aliphatic heterocycles. The van der Waals surface area contributed by atoms with E-state index in [4.69, 9.17) is 0 Å². The molecule has 0 aromatic heterocycles. The van der Waals surface area contributed by atoms with Crippen molar-refractivity contribution in [1.29, 1.82) is 0 Å². The lowest BCUT2D eigenvalue weighted by Crippen LogP contribution is -2.12. The molecule has 14 heavy (non-hydrogen) atoms. The zero-order chi connectivity index (χ0) is 9.80. The number of carbonyl (C=O) groups excluding carboxylic acids is 1. The number of rotatable bonds is 0. The summed E-state index contributed by atoms with van der Waals surface area (Å²) in [5.74, 6) is 0.378. The van der Waals surface area contributed by atoms with Gasteiger partial charge in [-0.2, -0.15) is 0 Å². The van der Waals surface area contributed by atoms with Gasteiger partial charge in [0, 0.05) is 12.8 Å². The van der Waals surface area contributed by atoms with Crippen molar-refractivity contribution < 1.29 is 4.79 Å². The molecule has 0 spiro atoms. The molecule has 1 heteroatoms. The Morgan fingerprint density at radius 2 is 1.50 bits per heavy atom. The number of carbonyl (C=O) groups is 1. The quantitative estimate of drug-likeness (QED) is 0.611. The summed E-state index contributed by atoms with van der Waals surface area (Å²) in [5, 5.41) is 0. The van der Waals surface area contributed by atoms with E-state index in [1.807, 2.05) is 18.2 Å². The van der Waals surface area contributed by atoms with Crippen LogP contribution >= 0.6 is 0 Å². The molecule has 0 N–H and O–H groups in total. The van der Waals surface area contributed by atoms with E-state index in [0.717, 1.165) is 12.8 Å². The fourth-order valence-electron chi connectivity index (χ4n) is 1.55. The summed E-state index contributed by atoms with van der Waals surface area (Å²) in [6, 6.07) is 8.19. The standard InChI is InChI=1S/C10H10O.C3H6/c11-10-6-5-8-3-1-2-4-9(8)7-10;1-2-3-1/h1-4H,5-7H2;1-3H2. The average molecular weight is 188 g/mol. The number of Topliss-reactive ketones (excluding diaryl/α,β-unsaturated/α-hetero) is 1. The maximum atomic E-state index is 11.0. The normalized spacial score (nSPS) is 17.9. The number of ketones is 1. The van der Waals surface area contributed by atoms with Gasteiger partial charge in [0.25, 0.3) is 0 Å². The number of aryl methyl sites for hydroxylation is 1. The maximum Gasteiger partial charge on any atom is 0.137 e. The van der Waals surface area contributed by atoms with Crippen molar-refractivity contribution in [3.05, 3.63) is 35.4 Å². The van der Waals surface area contributed by atoms with E-state index in [-0.39, 0.29) is 0 Å². The minimum Gasteiger partial charge on any atom is -0.299 e. The van der Waals surface area contributed by atoms with Gasteiger partial charge in [-0.25, -0.2) is 0 Å². The molecule has 0 radical (unpaired) electrons. The van der Waals surface area contributed by atoms with Crippen molar-refractivity contribution in [3.8, 4) is 0 Å². The highest BCUT2D eigenvalue weighted by Gasteiger charge is 2.13. The predicted molar refractivity (Wildman–Crippen MR) is 57.3 cm³/mol. The zero-order valence-corrected chi connectivity index (χ0v) is 8.46. The molecule has 1 saturated carbocycles. The molecule has 1 fully saturated rings. The predicted octanol–water partition coefficient (Wildman–Crippen LogP) is 2.91. The fourth-order valence-corrected chi connectivity index (χ4v) is 1.55. The molecule has 0 heterocycles. The number of benzene rings is 1. The number of hydrogen-bond acceptors (Lipinski definition) is 1. The van der Waals surface area contributed by atoms with Gasteiger partial charge in [0.1, 0.15) is 5.78 Å². The summed E-state index contributed by atoms with van der Waals surface area (Å²) in [4.78, 5) is 11.0. The van der Waals surface area contributed by atoms with E-state index in [1.54, 1.807) is 0 Å². The fraction of sp³-hybridized carbons (Fsp3) is 0.462. The third kappa shape index (κ3) is 2.69. The molecule has 1 aromatic carbocycles. The van der Waals surface area contributed by atoms with Crippen molar-refractivity contribution in [1.82, 2.24) is 0 Å². The lowest BCUT2D eigenvalue weighted by molar-refractivity contribution is -0.118. The van der Waals surface area contributed by atoms with Crippen LogP contribution in [-0.4, -0.2) is 5.78 Å². The van der Waals surface area contributed by atoms with Crippen LogP contribution in [0, 0.1) is 0 Å². The van der Waals surface area contributed by atoms with E-state index >= 15 is 0 Å². The molecule has 3 rings (SSSR count). The van der Waals surface area contributed by atoms with Crippen LogP contribution in [0.3, 0.4) is 0 Å². The van der Waals surface area contributed by atoms with E-state index in [2.05, 4.69) is 6.07 Å². The first-order chi connectivity index (χ1) is 6.86. The van der Waals surface area contributed by atoms with Crippen molar-refractivity contribution in [2.24, 2.45) is 0 Å². The highest BCUT2D eigenvalue weighted by atomic mass is 16.1. The van der Waals surface area contributed by atoms with E-state index in [9.17, 15) is 4.79 Å². The third-order valence-corrected chi connectivity index (χ3v) is 2.53. The lowest BCUT2D eigenvalue weighted by Gasteiger charge is -2.13. The molecule has 0 atom stereocenters. The zero-order valence-electron chi connectivity index (χ0n) is 8.46. The van der Waals surface area contributed by atoms with Crippen molar-refractivity contribution in [3.63, 3.8) is 0 Å². The Morgan fingerprint density at radius 1 is 0.857 bits per heavy atom. The maximum absolute atomic E-state index is 11.0. The summed E-state index contributed by atoms with van der Waals surface area (Å²) in [6.07, 6.45) is 6.82. The summed E-state index contributed by atoms with van der Waals surface area (Å²) in [7, 11) is 0. The second kappa shape index (κ2) is 4.41. The Bertz CT molecular complexity index is 323. The van der Waals surface area contributed by atoms with Crippen molar-refractivity contribution in [2.75, 3.05) is 0 Å². The highest BCUT2D eigenvalue weighted by molar-refractivity contribution is 5.83. The molecule has 1 nitrogen and oxygen atoms in total. The first kappa shape index (κ1) is 9.45. The second-order valence-electron chi connectivity index (χ2n) is 4.04. The largest absolute Gasteiger partial charge is 0.299 e. The van der Waals surface area contributed by atoms with Crippen molar-refractivity contribution >= 4 is 5.78 Å². The summed E-state index contributed by atoms with van der Waals surface area (Å²) in [5.41, 5.74) is 2.58. The molecular weight excluding hydrogens is 172 g/mol. The Kier molecular flexibility index (Phi) is 2.97. The summed E-state index contributed by atoms with van der Waals surface area (Å²) >= 11 is 0. The topological polar surface area (TPSA) is 17.1 Å². The number of hydrogen-bond donors (Lipinski definition) is 0. The molecule has 0 unspecified atom stereocenters. The van der Waals surface area contributed by atoms with Crippen molar-refractivity contribution in [2.45, 2.75) is 38.5 Å².